The second-order valence-corrected chi connectivity index (χ2v) is 5.16. The van der Waals surface area contributed by atoms with Crippen molar-refractivity contribution in [2.75, 3.05) is 11.6 Å². The number of aliphatic imine (C=N–C) groups is 1. The van der Waals surface area contributed by atoms with Crippen LogP contribution in [0.15, 0.2) is 11.3 Å². The molecule has 3 heterocycles. The van der Waals surface area contributed by atoms with Crippen molar-refractivity contribution >= 4 is 41.5 Å². The summed E-state index contributed by atoms with van der Waals surface area (Å²) in [7, 11) is 0. The topological polar surface area (TPSA) is 117 Å². The molecule has 0 radical (unpaired) electrons. The van der Waals surface area contributed by atoms with E-state index < -0.39 is 24.4 Å². The molecule has 8 nitrogen and oxygen atoms in total. The Labute approximate surface area is 125 Å². The van der Waals surface area contributed by atoms with Crippen molar-refractivity contribution in [3.63, 3.8) is 0 Å². The van der Waals surface area contributed by atoms with E-state index in [2.05, 4.69) is 15.0 Å². The fraction of sp³-hybridized carbons (Fsp3) is 0.500. The fourth-order valence-electron chi connectivity index (χ4n) is 2.37. The average Bonchev–Trinajstić information content (AvgIpc) is 3.01. The number of nitrogens with zero attached hydrogens (tertiary/aromatic N) is 4. The van der Waals surface area contributed by atoms with Gasteiger partial charge in [0, 0.05) is 6.42 Å². The van der Waals surface area contributed by atoms with Crippen LogP contribution in [-0.4, -0.2) is 67.6 Å². The number of fused-ring (bicyclic) bond motifs is 1. The van der Waals surface area contributed by atoms with Crippen LogP contribution in [0.4, 0.5) is 17.3 Å². The van der Waals surface area contributed by atoms with E-state index in [-0.39, 0.29) is 5.88 Å². The zero-order valence-electron chi connectivity index (χ0n) is 11.0. The number of halogens is 1. The Kier molecular flexibility index (Phi) is 3.85. The molecule has 1 aromatic heterocycles. The summed E-state index contributed by atoms with van der Waals surface area (Å²) in [5.74, 6) is 1.01. The van der Waals surface area contributed by atoms with E-state index in [1.54, 1.807) is 17.1 Å². The zero-order valence-corrected chi connectivity index (χ0v) is 11.8. The summed E-state index contributed by atoms with van der Waals surface area (Å²) in [6.45, 7) is 0. The van der Waals surface area contributed by atoms with E-state index in [1.165, 1.54) is 6.33 Å². The molecule has 0 spiro atoms. The summed E-state index contributed by atoms with van der Waals surface area (Å²) >= 11 is 5.68. The van der Waals surface area contributed by atoms with E-state index in [0.29, 0.717) is 23.7 Å². The predicted octanol–water partition coefficient (Wildman–Crippen LogP) is -0.435. The SMILES string of the molecule is Nc1ncnc2c1N=C[N+]2=CCC1OC(CCl)C(O)C1O. The first-order chi connectivity index (χ1) is 10.1. The van der Waals surface area contributed by atoms with Crippen molar-refractivity contribution in [2.24, 2.45) is 4.99 Å². The lowest BCUT2D eigenvalue weighted by Crippen LogP contribution is -2.33. The zero-order chi connectivity index (χ0) is 15.0. The predicted molar refractivity (Wildman–Crippen MR) is 76.6 cm³/mol. The third-order valence-electron chi connectivity index (χ3n) is 3.53. The number of nitrogen functional groups attached to an aromatic ring is 1. The van der Waals surface area contributed by atoms with Gasteiger partial charge in [0.05, 0.1) is 18.2 Å². The molecule has 4 N–H and O–H groups in total. The van der Waals surface area contributed by atoms with Gasteiger partial charge in [-0.25, -0.2) is 4.58 Å². The Balaban J connectivity index is 1.75. The van der Waals surface area contributed by atoms with Gasteiger partial charge < -0.3 is 20.7 Å². The summed E-state index contributed by atoms with van der Waals surface area (Å²) in [5, 5.41) is 19.7. The van der Waals surface area contributed by atoms with Crippen LogP contribution < -0.4 is 5.73 Å². The van der Waals surface area contributed by atoms with Gasteiger partial charge in [-0.15, -0.1) is 11.6 Å². The molecule has 0 saturated carbocycles. The van der Waals surface area contributed by atoms with E-state index in [1.807, 2.05) is 0 Å². The Bertz CT molecular complexity index is 609. The van der Waals surface area contributed by atoms with Crippen molar-refractivity contribution in [1.29, 1.82) is 0 Å². The minimum atomic E-state index is -0.974. The second-order valence-electron chi connectivity index (χ2n) is 4.85. The van der Waals surface area contributed by atoms with Crippen LogP contribution in [0, 0.1) is 0 Å². The lowest BCUT2D eigenvalue weighted by Gasteiger charge is -2.11. The van der Waals surface area contributed by atoms with Crippen LogP contribution in [-0.2, 0) is 4.74 Å². The average molecular weight is 313 g/mol. The number of alkyl halides is 1. The van der Waals surface area contributed by atoms with E-state index in [0.717, 1.165) is 0 Å². The number of aliphatic hydroxyl groups is 2. The quantitative estimate of drug-likeness (QED) is 0.515. The van der Waals surface area contributed by atoms with Gasteiger partial charge in [-0.05, 0) is 0 Å². The maximum atomic E-state index is 9.92. The molecule has 9 heteroatoms. The molecule has 3 rings (SSSR count). The van der Waals surface area contributed by atoms with Gasteiger partial charge >= 0.3 is 5.82 Å². The third kappa shape index (κ3) is 2.51. The van der Waals surface area contributed by atoms with Crippen molar-refractivity contribution in [2.45, 2.75) is 30.8 Å². The minimum Gasteiger partial charge on any atom is -0.388 e. The monoisotopic (exact) mass is 312 g/mol. The summed E-state index contributed by atoms with van der Waals surface area (Å²) in [5.41, 5.74) is 6.23. The van der Waals surface area contributed by atoms with Gasteiger partial charge in [0.15, 0.2) is 12.1 Å². The summed E-state index contributed by atoms with van der Waals surface area (Å²) in [6, 6.07) is 0. The molecular weight excluding hydrogens is 298 g/mol. The molecule has 1 saturated heterocycles. The number of nitrogens with two attached hydrogens (primary N) is 1. The number of anilines is 1. The maximum Gasteiger partial charge on any atom is 0.315 e. The molecule has 2 aliphatic rings. The number of ether oxygens (including phenoxy) is 1. The highest BCUT2D eigenvalue weighted by atomic mass is 35.5. The molecular formula is C12H15ClN5O3+. The number of hydrogen-bond acceptors (Lipinski definition) is 7. The number of aromatic nitrogens is 2. The smallest absolute Gasteiger partial charge is 0.315 e. The standard InChI is InChI=1S/C12H15ClN5O3/c13-3-7-10(20)9(19)6(21-7)1-2-18-5-17-8-11(14)15-4-16-12(8)18/h2,4-7,9-10,19-20H,1,3H2,(H2,14,15,16)/q+1. The summed E-state index contributed by atoms with van der Waals surface area (Å²) in [4.78, 5) is 12.1. The van der Waals surface area contributed by atoms with Gasteiger partial charge in [0.25, 0.3) is 5.69 Å². The molecule has 0 aromatic carbocycles. The van der Waals surface area contributed by atoms with Gasteiger partial charge in [-0.3, -0.25) is 0 Å². The normalized spacial score (nSPS) is 32.8. The first-order valence-electron chi connectivity index (χ1n) is 6.45. The van der Waals surface area contributed by atoms with Crippen molar-refractivity contribution in [3.8, 4) is 0 Å². The molecule has 0 bridgehead atoms. The van der Waals surface area contributed by atoms with Crippen molar-refractivity contribution < 1.29 is 19.5 Å². The maximum absolute atomic E-state index is 9.92. The molecule has 1 aromatic rings. The number of aliphatic hydroxyl groups excluding tert-OH is 2. The second kappa shape index (κ2) is 5.64. The van der Waals surface area contributed by atoms with Crippen LogP contribution in [0.25, 0.3) is 0 Å². The largest absolute Gasteiger partial charge is 0.388 e. The van der Waals surface area contributed by atoms with E-state index in [4.69, 9.17) is 22.1 Å². The lowest BCUT2D eigenvalue weighted by atomic mass is 10.1. The highest BCUT2D eigenvalue weighted by Crippen LogP contribution is 2.32. The Hall–Kier alpha value is -1.61. The summed E-state index contributed by atoms with van der Waals surface area (Å²) < 4.78 is 7.20. The van der Waals surface area contributed by atoms with Gasteiger partial charge in [0.1, 0.15) is 18.3 Å². The molecule has 0 amide bonds. The first-order valence-corrected chi connectivity index (χ1v) is 6.99. The van der Waals surface area contributed by atoms with Crippen LogP contribution >= 0.6 is 11.6 Å². The Morgan fingerprint density at radius 2 is 2.10 bits per heavy atom. The third-order valence-corrected chi connectivity index (χ3v) is 3.84. The number of hydrogen-bond donors (Lipinski definition) is 3. The van der Waals surface area contributed by atoms with E-state index in [9.17, 15) is 10.2 Å². The molecule has 21 heavy (non-hydrogen) atoms. The van der Waals surface area contributed by atoms with Crippen LogP contribution in [0.1, 0.15) is 6.42 Å². The van der Waals surface area contributed by atoms with Crippen molar-refractivity contribution in [1.82, 2.24) is 9.97 Å². The van der Waals surface area contributed by atoms with Crippen LogP contribution in [0.5, 0.6) is 0 Å². The van der Waals surface area contributed by atoms with Gasteiger partial charge in [0.2, 0.25) is 6.34 Å². The Morgan fingerprint density at radius 1 is 1.33 bits per heavy atom. The fourth-order valence-corrected chi connectivity index (χ4v) is 2.62. The lowest BCUT2D eigenvalue weighted by molar-refractivity contribution is -0.290. The summed E-state index contributed by atoms with van der Waals surface area (Å²) in [6.07, 6.45) is 2.03. The van der Waals surface area contributed by atoms with Gasteiger partial charge in [-0.1, -0.05) is 9.98 Å². The Morgan fingerprint density at radius 3 is 2.81 bits per heavy atom. The highest BCUT2D eigenvalue weighted by Gasteiger charge is 2.41. The van der Waals surface area contributed by atoms with Crippen molar-refractivity contribution in [3.05, 3.63) is 6.33 Å². The number of rotatable bonds is 3. The highest BCUT2D eigenvalue weighted by molar-refractivity contribution is 6.18. The minimum absolute atomic E-state index is 0.131. The first kappa shape index (κ1) is 14.3. The van der Waals surface area contributed by atoms with Crippen LogP contribution in [0.2, 0.25) is 0 Å². The molecule has 2 aliphatic heterocycles. The van der Waals surface area contributed by atoms with Gasteiger partial charge in [-0.2, -0.15) is 4.98 Å². The van der Waals surface area contributed by atoms with E-state index >= 15 is 0 Å². The molecule has 4 atom stereocenters. The molecule has 112 valence electrons. The molecule has 0 aliphatic carbocycles. The molecule has 1 fully saturated rings. The molecule has 4 unspecified atom stereocenters. The van der Waals surface area contributed by atoms with Crippen LogP contribution in [0.3, 0.4) is 0 Å².